The van der Waals surface area contributed by atoms with E-state index in [0.29, 0.717) is 6.42 Å². The van der Waals surface area contributed by atoms with Crippen molar-refractivity contribution in [2.45, 2.75) is 33.6 Å². The zero-order chi connectivity index (χ0) is 12.3. The van der Waals surface area contributed by atoms with Crippen molar-refractivity contribution in [3.63, 3.8) is 0 Å². The van der Waals surface area contributed by atoms with Crippen molar-refractivity contribution < 1.29 is 9.59 Å². The lowest BCUT2D eigenvalue weighted by Gasteiger charge is -2.35. The number of amides is 2. The minimum Gasteiger partial charge on any atom is -0.302 e. The maximum atomic E-state index is 12.0. The van der Waals surface area contributed by atoms with Gasteiger partial charge in [0.15, 0.2) is 5.11 Å². The van der Waals surface area contributed by atoms with E-state index in [1.54, 1.807) is 6.92 Å². The highest BCUT2D eigenvalue weighted by atomic mass is 32.1. The third kappa shape index (κ3) is 1.87. The second kappa shape index (κ2) is 4.74. The Bertz CT molecular complexity index is 354. The van der Waals surface area contributed by atoms with Crippen LogP contribution in [-0.2, 0) is 9.59 Å². The first-order chi connectivity index (χ1) is 7.48. The quantitative estimate of drug-likeness (QED) is 0.444. The molecule has 1 rings (SSSR count). The van der Waals surface area contributed by atoms with Crippen LogP contribution in [0.1, 0.15) is 33.6 Å². The number of hydrogen-bond acceptors (Lipinski definition) is 3. The predicted molar refractivity (Wildman–Crippen MR) is 65.7 cm³/mol. The largest absolute Gasteiger partial charge is 0.302 e. The van der Waals surface area contributed by atoms with Crippen LogP contribution < -0.4 is 10.6 Å². The van der Waals surface area contributed by atoms with Gasteiger partial charge in [0.2, 0.25) is 11.8 Å². The number of nitrogens with one attached hydrogen (secondary N) is 2. The third-order valence-electron chi connectivity index (χ3n) is 2.94. The number of hydrogen-bond donors (Lipinski definition) is 2. The normalized spacial score (nSPS) is 20.4. The Morgan fingerprint density at radius 2 is 1.81 bits per heavy atom. The topological polar surface area (TPSA) is 58.2 Å². The molecule has 0 aliphatic carbocycles. The zero-order valence-electron chi connectivity index (χ0n) is 9.72. The molecule has 1 heterocycles. The van der Waals surface area contributed by atoms with Crippen LogP contribution in [0.3, 0.4) is 0 Å². The van der Waals surface area contributed by atoms with E-state index < -0.39 is 5.41 Å². The number of carbonyl (C=O) groups is 2. The van der Waals surface area contributed by atoms with Crippen molar-refractivity contribution in [1.29, 1.82) is 0 Å². The van der Waals surface area contributed by atoms with Crippen molar-refractivity contribution in [2.24, 2.45) is 5.41 Å². The number of rotatable bonds is 3. The van der Waals surface area contributed by atoms with Crippen LogP contribution in [0.5, 0.6) is 0 Å². The molecule has 1 fully saturated rings. The Balaban J connectivity index is 3.20. The van der Waals surface area contributed by atoms with Crippen LogP contribution in [0.4, 0.5) is 0 Å². The van der Waals surface area contributed by atoms with Crippen LogP contribution in [0.2, 0.25) is 0 Å². The third-order valence-corrected chi connectivity index (χ3v) is 3.15. The summed E-state index contributed by atoms with van der Waals surface area (Å²) in [4.78, 5) is 24.0. The minimum atomic E-state index is -1.10. The summed E-state index contributed by atoms with van der Waals surface area (Å²) in [6, 6.07) is 0. The van der Waals surface area contributed by atoms with Gasteiger partial charge in [0.25, 0.3) is 0 Å². The van der Waals surface area contributed by atoms with E-state index in [-0.39, 0.29) is 16.9 Å². The highest BCUT2D eigenvalue weighted by molar-refractivity contribution is 7.80. The first kappa shape index (κ1) is 12.8. The summed E-state index contributed by atoms with van der Waals surface area (Å²) in [5.74, 6) is -0.656. The van der Waals surface area contributed by atoms with E-state index in [4.69, 9.17) is 12.2 Å². The van der Waals surface area contributed by atoms with Crippen molar-refractivity contribution in [3.8, 4) is 0 Å². The molecule has 88 valence electrons. The summed E-state index contributed by atoms with van der Waals surface area (Å²) in [6.45, 7) is 5.59. The molecule has 0 aromatic rings. The maximum absolute atomic E-state index is 12.0. The summed E-state index contributed by atoms with van der Waals surface area (Å²) in [6.07, 6.45) is 3.12. The summed E-state index contributed by atoms with van der Waals surface area (Å²) >= 11 is 4.78. The van der Waals surface area contributed by atoms with Gasteiger partial charge in [-0.2, -0.15) is 0 Å². The molecule has 16 heavy (non-hydrogen) atoms. The molecule has 0 aromatic carbocycles. The molecule has 1 saturated heterocycles. The number of thiocarbonyl (C=S) groups is 1. The van der Waals surface area contributed by atoms with Crippen LogP contribution in [0.25, 0.3) is 0 Å². The standard InChI is InChI=1S/C11H16N2O2S/c1-4-6-7(3)11(5-2)8(14)12-10(16)13-9(11)15/h6H,4-5H2,1-3H3,(H2,12,13,14,15,16)/b7-6-. The molecular formula is C11H16N2O2S. The molecule has 0 aromatic heterocycles. The van der Waals surface area contributed by atoms with E-state index in [1.165, 1.54) is 0 Å². The Morgan fingerprint density at radius 3 is 2.19 bits per heavy atom. The van der Waals surface area contributed by atoms with E-state index in [0.717, 1.165) is 12.0 Å². The molecule has 5 heteroatoms. The van der Waals surface area contributed by atoms with Crippen molar-refractivity contribution in [3.05, 3.63) is 11.6 Å². The van der Waals surface area contributed by atoms with Crippen molar-refractivity contribution in [2.75, 3.05) is 0 Å². The molecular weight excluding hydrogens is 224 g/mol. The second-order valence-corrected chi connectivity index (χ2v) is 4.20. The lowest BCUT2D eigenvalue weighted by atomic mass is 9.75. The van der Waals surface area contributed by atoms with Crippen molar-refractivity contribution in [1.82, 2.24) is 10.6 Å². The van der Waals surface area contributed by atoms with Crippen LogP contribution in [0.15, 0.2) is 11.6 Å². The molecule has 1 aliphatic heterocycles. The summed E-state index contributed by atoms with van der Waals surface area (Å²) in [7, 11) is 0. The van der Waals surface area contributed by atoms with Crippen LogP contribution in [-0.4, -0.2) is 16.9 Å². The van der Waals surface area contributed by atoms with Gasteiger partial charge < -0.3 is 10.6 Å². The fraction of sp³-hybridized carbons (Fsp3) is 0.545. The van der Waals surface area contributed by atoms with Crippen LogP contribution in [0, 0.1) is 5.41 Å². The van der Waals surface area contributed by atoms with Crippen molar-refractivity contribution >= 4 is 29.1 Å². The molecule has 1 aliphatic rings. The van der Waals surface area contributed by atoms with Gasteiger partial charge in [-0.1, -0.05) is 25.5 Å². The summed E-state index contributed by atoms with van der Waals surface area (Å²) < 4.78 is 0. The van der Waals surface area contributed by atoms with E-state index in [2.05, 4.69) is 10.6 Å². The molecule has 2 N–H and O–H groups in total. The molecule has 2 amide bonds. The van der Waals surface area contributed by atoms with Gasteiger partial charge in [0, 0.05) is 0 Å². The smallest absolute Gasteiger partial charge is 0.245 e. The highest BCUT2D eigenvalue weighted by Crippen LogP contribution is 2.33. The molecule has 0 spiro atoms. The molecule has 0 unspecified atom stereocenters. The Hall–Kier alpha value is -1.23. The van der Waals surface area contributed by atoms with Gasteiger partial charge in [-0.15, -0.1) is 0 Å². The van der Waals surface area contributed by atoms with Crippen LogP contribution >= 0.6 is 12.2 Å². The SMILES string of the molecule is CC/C=C(/C)C1(CC)C(=O)NC(=S)NC1=O. The van der Waals surface area contributed by atoms with Gasteiger partial charge in [-0.25, -0.2) is 0 Å². The highest BCUT2D eigenvalue weighted by Gasteiger charge is 2.49. The monoisotopic (exact) mass is 240 g/mol. The molecule has 0 saturated carbocycles. The maximum Gasteiger partial charge on any atom is 0.245 e. The lowest BCUT2D eigenvalue weighted by molar-refractivity contribution is -0.141. The Labute approximate surface area is 100 Å². The molecule has 0 atom stereocenters. The lowest BCUT2D eigenvalue weighted by Crippen LogP contribution is -2.62. The Kier molecular flexibility index (Phi) is 3.80. The van der Waals surface area contributed by atoms with Gasteiger partial charge in [-0.3, -0.25) is 9.59 Å². The predicted octanol–water partition coefficient (Wildman–Crippen LogP) is 1.27. The van der Waals surface area contributed by atoms with E-state index >= 15 is 0 Å². The Morgan fingerprint density at radius 1 is 1.31 bits per heavy atom. The molecule has 0 bridgehead atoms. The first-order valence-corrected chi connectivity index (χ1v) is 5.74. The molecule has 0 radical (unpaired) electrons. The number of carbonyl (C=O) groups excluding carboxylic acids is 2. The summed E-state index contributed by atoms with van der Waals surface area (Å²) in [5, 5.41) is 5.11. The summed E-state index contributed by atoms with van der Waals surface area (Å²) in [5.41, 5.74) is -0.326. The average Bonchev–Trinajstić information content (AvgIpc) is 2.18. The fourth-order valence-electron chi connectivity index (χ4n) is 1.99. The zero-order valence-corrected chi connectivity index (χ0v) is 10.5. The fourth-order valence-corrected chi connectivity index (χ4v) is 2.18. The van der Waals surface area contributed by atoms with Gasteiger partial charge in [-0.05, 0) is 32.0 Å². The van der Waals surface area contributed by atoms with E-state index in [1.807, 2.05) is 19.9 Å². The number of allylic oxidation sites excluding steroid dienone is 1. The van der Waals surface area contributed by atoms with Gasteiger partial charge in [0.1, 0.15) is 5.41 Å². The average molecular weight is 240 g/mol. The van der Waals surface area contributed by atoms with Gasteiger partial charge in [0.05, 0.1) is 0 Å². The van der Waals surface area contributed by atoms with Gasteiger partial charge >= 0.3 is 0 Å². The first-order valence-electron chi connectivity index (χ1n) is 5.33. The molecule has 4 nitrogen and oxygen atoms in total. The minimum absolute atomic E-state index is 0.0865. The van der Waals surface area contributed by atoms with E-state index in [9.17, 15) is 9.59 Å². The second-order valence-electron chi connectivity index (χ2n) is 3.79.